The second-order valence-corrected chi connectivity index (χ2v) is 9.98. The van der Waals surface area contributed by atoms with Crippen molar-refractivity contribution in [1.29, 1.82) is 0 Å². The Balaban J connectivity index is 1.26. The van der Waals surface area contributed by atoms with Crippen LogP contribution in [0.25, 0.3) is 0 Å². The second-order valence-electron chi connectivity index (χ2n) is 9.98. The SMILES string of the molecule is Cc1ccc(CN2CCC(CNC(=O)C3CCCN(c4cc(=O)n(C)c(=O)n4C)C3)CC2)cc1. The molecule has 2 aliphatic heterocycles. The van der Waals surface area contributed by atoms with Crippen LogP contribution in [0.3, 0.4) is 0 Å². The number of anilines is 1. The summed E-state index contributed by atoms with van der Waals surface area (Å²) in [6, 6.07) is 10.2. The Labute approximate surface area is 201 Å². The number of hydrogen-bond donors (Lipinski definition) is 1. The predicted molar refractivity (Wildman–Crippen MR) is 134 cm³/mol. The highest BCUT2D eigenvalue weighted by molar-refractivity contribution is 5.79. The summed E-state index contributed by atoms with van der Waals surface area (Å²) < 4.78 is 2.59. The minimum atomic E-state index is -0.345. The number of nitrogens with one attached hydrogen (secondary N) is 1. The largest absolute Gasteiger partial charge is 0.357 e. The van der Waals surface area contributed by atoms with E-state index in [9.17, 15) is 14.4 Å². The summed E-state index contributed by atoms with van der Waals surface area (Å²) in [6.45, 7) is 7.21. The van der Waals surface area contributed by atoms with Crippen LogP contribution in [-0.2, 0) is 25.4 Å². The third-order valence-corrected chi connectivity index (χ3v) is 7.42. The van der Waals surface area contributed by atoms with Gasteiger partial charge in [0.25, 0.3) is 5.56 Å². The van der Waals surface area contributed by atoms with E-state index in [0.717, 1.165) is 63.0 Å². The third kappa shape index (κ3) is 5.60. The maximum atomic E-state index is 12.9. The van der Waals surface area contributed by atoms with E-state index in [1.165, 1.54) is 28.8 Å². The molecule has 1 unspecified atom stereocenters. The van der Waals surface area contributed by atoms with E-state index >= 15 is 0 Å². The highest BCUT2D eigenvalue weighted by Gasteiger charge is 2.28. The van der Waals surface area contributed by atoms with Gasteiger partial charge in [0.2, 0.25) is 5.91 Å². The lowest BCUT2D eigenvalue weighted by Crippen LogP contribution is -2.47. The molecule has 4 rings (SSSR count). The Hall–Kier alpha value is -2.87. The van der Waals surface area contributed by atoms with Crippen LogP contribution in [-0.4, -0.2) is 52.7 Å². The first kappa shape index (κ1) is 24.3. The molecular weight excluding hydrogens is 430 g/mol. The molecule has 1 aromatic carbocycles. The molecule has 8 heteroatoms. The molecule has 1 N–H and O–H groups in total. The van der Waals surface area contributed by atoms with E-state index in [0.29, 0.717) is 18.3 Å². The van der Waals surface area contributed by atoms with Gasteiger partial charge in [-0.3, -0.25) is 23.6 Å². The van der Waals surface area contributed by atoms with Crippen molar-refractivity contribution in [2.45, 2.75) is 39.2 Å². The van der Waals surface area contributed by atoms with Crippen molar-refractivity contribution < 1.29 is 4.79 Å². The summed E-state index contributed by atoms with van der Waals surface area (Å²) in [5.74, 6) is 1.05. The molecule has 2 aromatic rings. The number of carbonyl (C=O) groups excluding carboxylic acids is 1. The number of rotatable bonds is 6. The standard InChI is InChI=1S/C26H37N5O3/c1-19-6-8-21(9-7-19)17-30-13-10-20(11-14-30)16-27-25(33)22-5-4-12-31(18-22)23-15-24(32)29(3)26(34)28(23)2/h6-9,15,20,22H,4-5,10-14,16-18H2,1-3H3,(H,27,33). The van der Waals surface area contributed by atoms with Crippen molar-refractivity contribution in [1.82, 2.24) is 19.4 Å². The molecule has 2 saturated heterocycles. The van der Waals surface area contributed by atoms with E-state index in [1.807, 2.05) is 4.90 Å². The Morgan fingerprint density at radius 1 is 1.00 bits per heavy atom. The molecule has 0 spiro atoms. The van der Waals surface area contributed by atoms with E-state index in [2.05, 4.69) is 41.4 Å². The molecule has 1 aromatic heterocycles. The third-order valence-electron chi connectivity index (χ3n) is 7.42. The molecule has 2 aliphatic rings. The Bertz CT molecular complexity index is 1110. The molecule has 0 saturated carbocycles. The van der Waals surface area contributed by atoms with Gasteiger partial charge in [-0.05, 0) is 57.2 Å². The van der Waals surface area contributed by atoms with Crippen LogP contribution in [0.1, 0.15) is 36.8 Å². The van der Waals surface area contributed by atoms with Crippen LogP contribution in [0, 0.1) is 18.8 Å². The minimum absolute atomic E-state index is 0.0839. The number of amides is 1. The topological polar surface area (TPSA) is 79.6 Å². The van der Waals surface area contributed by atoms with E-state index in [-0.39, 0.29) is 23.1 Å². The molecule has 0 bridgehead atoms. The zero-order valence-electron chi connectivity index (χ0n) is 20.6. The first-order valence-corrected chi connectivity index (χ1v) is 12.4. The number of hydrogen-bond acceptors (Lipinski definition) is 5. The number of aromatic nitrogens is 2. The monoisotopic (exact) mass is 467 g/mol. The van der Waals surface area contributed by atoms with Crippen molar-refractivity contribution in [3.05, 3.63) is 62.3 Å². The van der Waals surface area contributed by atoms with Crippen LogP contribution in [0.15, 0.2) is 39.9 Å². The highest BCUT2D eigenvalue weighted by atomic mass is 16.2. The van der Waals surface area contributed by atoms with Gasteiger partial charge in [-0.25, -0.2) is 4.79 Å². The lowest BCUT2D eigenvalue weighted by molar-refractivity contribution is -0.125. The van der Waals surface area contributed by atoms with Crippen LogP contribution in [0.4, 0.5) is 5.82 Å². The Kier molecular flexibility index (Phi) is 7.56. The predicted octanol–water partition coefficient (Wildman–Crippen LogP) is 1.64. The number of likely N-dealkylation sites (tertiary alicyclic amines) is 1. The lowest BCUT2D eigenvalue weighted by atomic mass is 9.94. The van der Waals surface area contributed by atoms with Crippen LogP contribution >= 0.6 is 0 Å². The molecule has 8 nitrogen and oxygen atoms in total. The summed E-state index contributed by atoms with van der Waals surface area (Å²) in [5.41, 5.74) is 1.98. The molecule has 1 atom stereocenters. The number of piperidine rings is 2. The lowest BCUT2D eigenvalue weighted by Gasteiger charge is -2.35. The smallest absolute Gasteiger partial charge is 0.332 e. The van der Waals surface area contributed by atoms with Gasteiger partial charge in [-0.1, -0.05) is 29.8 Å². The highest BCUT2D eigenvalue weighted by Crippen LogP contribution is 2.23. The van der Waals surface area contributed by atoms with Crippen molar-refractivity contribution in [2.75, 3.05) is 37.6 Å². The van der Waals surface area contributed by atoms with Gasteiger partial charge >= 0.3 is 5.69 Å². The average Bonchev–Trinajstić information content (AvgIpc) is 2.85. The summed E-state index contributed by atoms with van der Waals surface area (Å²) in [5, 5.41) is 3.19. The van der Waals surface area contributed by atoms with E-state index < -0.39 is 0 Å². The molecule has 34 heavy (non-hydrogen) atoms. The molecule has 2 fully saturated rings. The average molecular weight is 468 g/mol. The van der Waals surface area contributed by atoms with Gasteiger partial charge in [0.1, 0.15) is 5.82 Å². The van der Waals surface area contributed by atoms with Gasteiger partial charge in [-0.2, -0.15) is 0 Å². The van der Waals surface area contributed by atoms with Gasteiger partial charge in [0.05, 0.1) is 5.92 Å². The molecule has 3 heterocycles. The van der Waals surface area contributed by atoms with Gasteiger partial charge in [0.15, 0.2) is 0 Å². The molecule has 0 radical (unpaired) electrons. The fourth-order valence-electron chi connectivity index (χ4n) is 5.11. The van der Waals surface area contributed by atoms with Crippen molar-refractivity contribution in [2.24, 2.45) is 25.9 Å². The molecular formula is C26H37N5O3. The quantitative estimate of drug-likeness (QED) is 0.699. The van der Waals surface area contributed by atoms with Crippen molar-refractivity contribution in [3.63, 3.8) is 0 Å². The van der Waals surface area contributed by atoms with Crippen LogP contribution in [0.5, 0.6) is 0 Å². The first-order valence-electron chi connectivity index (χ1n) is 12.4. The maximum absolute atomic E-state index is 12.9. The van der Waals surface area contributed by atoms with E-state index in [1.54, 1.807) is 7.05 Å². The van der Waals surface area contributed by atoms with Crippen LogP contribution in [0.2, 0.25) is 0 Å². The molecule has 1 amide bonds. The molecule has 0 aliphatic carbocycles. The van der Waals surface area contributed by atoms with E-state index in [4.69, 9.17) is 0 Å². The normalized spacial score (nSPS) is 19.9. The number of benzene rings is 1. The van der Waals surface area contributed by atoms with Gasteiger partial charge in [-0.15, -0.1) is 0 Å². The summed E-state index contributed by atoms with van der Waals surface area (Å²) in [6.07, 6.45) is 3.88. The number of carbonyl (C=O) groups is 1. The van der Waals surface area contributed by atoms with Crippen molar-refractivity contribution in [3.8, 4) is 0 Å². The summed E-state index contributed by atoms with van der Waals surface area (Å²) in [7, 11) is 3.15. The Morgan fingerprint density at radius 3 is 2.41 bits per heavy atom. The second kappa shape index (κ2) is 10.6. The summed E-state index contributed by atoms with van der Waals surface area (Å²) in [4.78, 5) is 41.9. The zero-order valence-corrected chi connectivity index (χ0v) is 20.6. The fraction of sp³-hybridized carbons (Fsp3) is 0.577. The molecule has 184 valence electrons. The van der Waals surface area contributed by atoms with Crippen molar-refractivity contribution >= 4 is 11.7 Å². The zero-order chi connectivity index (χ0) is 24.2. The number of nitrogens with zero attached hydrogens (tertiary/aromatic N) is 4. The summed E-state index contributed by atoms with van der Waals surface area (Å²) >= 11 is 0. The fourth-order valence-corrected chi connectivity index (χ4v) is 5.11. The van der Waals surface area contributed by atoms with Gasteiger partial charge in [0, 0.05) is 46.3 Å². The first-order chi connectivity index (χ1) is 16.3. The Morgan fingerprint density at radius 2 is 1.71 bits per heavy atom. The van der Waals surface area contributed by atoms with Gasteiger partial charge < -0.3 is 10.2 Å². The maximum Gasteiger partial charge on any atom is 0.332 e. The number of aryl methyl sites for hydroxylation is 1. The minimum Gasteiger partial charge on any atom is -0.357 e. The van der Waals surface area contributed by atoms with Crippen LogP contribution < -0.4 is 21.5 Å².